The summed E-state index contributed by atoms with van der Waals surface area (Å²) in [6.07, 6.45) is 4.49. The highest BCUT2D eigenvalue weighted by molar-refractivity contribution is 5.92. The first-order valence-corrected chi connectivity index (χ1v) is 6.44. The number of H-pyrrole nitrogens is 2. The predicted molar refractivity (Wildman–Crippen MR) is 67.3 cm³/mol. The molecule has 1 aliphatic heterocycles. The van der Waals surface area contributed by atoms with Gasteiger partial charge < -0.3 is 4.90 Å². The molecule has 0 aromatic carbocycles. The fourth-order valence-corrected chi connectivity index (χ4v) is 2.51. The van der Waals surface area contributed by atoms with Crippen LogP contribution >= 0.6 is 0 Å². The fourth-order valence-electron chi connectivity index (χ4n) is 2.51. The average molecular weight is 260 g/mol. The van der Waals surface area contributed by atoms with Gasteiger partial charge in [0.2, 0.25) is 0 Å². The van der Waals surface area contributed by atoms with Crippen molar-refractivity contribution in [3.63, 3.8) is 0 Å². The zero-order valence-electron chi connectivity index (χ0n) is 10.8. The number of aryl methyl sites for hydroxylation is 1. The van der Waals surface area contributed by atoms with Crippen LogP contribution in [0.4, 0.5) is 0 Å². The third-order valence-corrected chi connectivity index (χ3v) is 3.44. The summed E-state index contributed by atoms with van der Waals surface area (Å²) < 4.78 is 0. The number of amides is 1. The van der Waals surface area contributed by atoms with Crippen LogP contribution in [0, 0.1) is 6.92 Å². The topological polar surface area (TPSA) is 90.6 Å². The Balaban J connectivity index is 1.86. The molecule has 1 fully saturated rings. The maximum atomic E-state index is 12.5. The monoisotopic (exact) mass is 260 g/mol. The molecule has 1 atom stereocenters. The normalized spacial score (nSPS) is 19.6. The van der Waals surface area contributed by atoms with Crippen molar-refractivity contribution in [2.24, 2.45) is 0 Å². The molecule has 1 unspecified atom stereocenters. The SMILES string of the molecule is Cc1cc(C(=O)N2CCCCC2c2ncn[nH]2)n[nH]1. The Bertz CT molecular complexity index is 561. The summed E-state index contributed by atoms with van der Waals surface area (Å²) >= 11 is 0. The molecule has 2 aromatic rings. The molecule has 3 heterocycles. The van der Waals surface area contributed by atoms with E-state index in [0.29, 0.717) is 5.69 Å². The molecule has 0 saturated carbocycles. The van der Waals surface area contributed by atoms with Crippen LogP contribution in [-0.4, -0.2) is 42.7 Å². The fraction of sp³-hybridized carbons (Fsp3) is 0.500. The molecule has 1 amide bonds. The van der Waals surface area contributed by atoms with Crippen LogP contribution in [0.5, 0.6) is 0 Å². The lowest BCUT2D eigenvalue weighted by atomic mass is 10.0. The van der Waals surface area contributed by atoms with E-state index in [1.54, 1.807) is 6.07 Å². The third-order valence-electron chi connectivity index (χ3n) is 3.44. The van der Waals surface area contributed by atoms with E-state index < -0.39 is 0 Å². The summed E-state index contributed by atoms with van der Waals surface area (Å²) in [5, 5.41) is 13.6. The Morgan fingerprint density at radius 2 is 2.32 bits per heavy atom. The molecule has 2 aromatic heterocycles. The lowest BCUT2D eigenvalue weighted by Gasteiger charge is -2.33. The van der Waals surface area contributed by atoms with Crippen LogP contribution < -0.4 is 0 Å². The third kappa shape index (κ3) is 2.23. The molecule has 1 saturated heterocycles. The van der Waals surface area contributed by atoms with Crippen molar-refractivity contribution in [1.82, 2.24) is 30.3 Å². The molecule has 0 bridgehead atoms. The molecule has 2 N–H and O–H groups in total. The molecule has 7 nitrogen and oxygen atoms in total. The van der Waals surface area contributed by atoms with Crippen molar-refractivity contribution < 1.29 is 4.79 Å². The van der Waals surface area contributed by atoms with Crippen LogP contribution in [0.15, 0.2) is 12.4 Å². The van der Waals surface area contributed by atoms with Crippen LogP contribution in [0.3, 0.4) is 0 Å². The highest BCUT2D eigenvalue weighted by Crippen LogP contribution is 2.29. The number of carbonyl (C=O) groups excluding carboxylic acids is 1. The van der Waals surface area contributed by atoms with E-state index in [0.717, 1.165) is 37.3 Å². The number of nitrogens with zero attached hydrogens (tertiary/aromatic N) is 4. The van der Waals surface area contributed by atoms with Crippen LogP contribution in [0.1, 0.15) is 47.3 Å². The number of hydrogen-bond acceptors (Lipinski definition) is 4. The van der Waals surface area contributed by atoms with Gasteiger partial charge in [-0.05, 0) is 32.3 Å². The van der Waals surface area contributed by atoms with Crippen LogP contribution in [0.2, 0.25) is 0 Å². The average Bonchev–Trinajstić information content (AvgIpc) is 3.09. The van der Waals surface area contributed by atoms with Crippen LogP contribution in [0.25, 0.3) is 0 Å². The summed E-state index contributed by atoms with van der Waals surface area (Å²) in [6.45, 7) is 2.62. The van der Waals surface area contributed by atoms with Gasteiger partial charge in [-0.3, -0.25) is 15.0 Å². The maximum absolute atomic E-state index is 12.5. The zero-order chi connectivity index (χ0) is 13.2. The molecule has 1 aliphatic rings. The van der Waals surface area contributed by atoms with Gasteiger partial charge in [-0.25, -0.2) is 4.98 Å². The number of piperidine rings is 1. The molecule has 0 aliphatic carbocycles. The summed E-state index contributed by atoms with van der Waals surface area (Å²) in [5.41, 5.74) is 1.35. The summed E-state index contributed by atoms with van der Waals surface area (Å²) in [7, 11) is 0. The Hall–Kier alpha value is -2.18. The van der Waals surface area contributed by atoms with Crippen molar-refractivity contribution >= 4 is 5.91 Å². The van der Waals surface area contributed by atoms with Crippen molar-refractivity contribution in [3.8, 4) is 0 Å². The zero-order valence-corrected chi connectivity index (χ0v) is 10.8. The van der Waals surface area contributed by atoms with E-state index in [-0.39, 0.29) is 11.9 Å². The van der Waals surface area contributed by atoms with Crippen LogP contribution in [-0.2, 0) is 0 Å². The van der Waals surface area contributed by atoms with Gasteiger partial charge in [0.25, 0.3) is 5.91 Å². The van der Waals surface area contributed by atoms with Gasteiger partial charge in [-0.2, -0.15) is 10.2 Å². The van der Waals surface area contributed by atoms with Gasteiger partial charge in [-0.15, -0.1) is 0 Å². The second-order valence-electron chi connectivity index (χ2n) is 4.82. The number of likely N-dealkylation sites (tertiary alicyclic amines) is 1. The number of aromatic amines is 2. The number of hydrogen-bond donors (Lipinski definition) is 2. The highest BCUT2D eigenvalue weighted by Gasteiger charge is 2.31. The Morgan fingerprint density at radius 1 is 1.42 bits per heavy atom. The van der Waals surface area contributed by atoms with E-state index in [9.17, 15) is 4.79 Å². The number of rotatable bonds is 2. The molecule has 0 radical (unpaired) electrons. The first-order valence-electron chi connectivity index (χ1n) is 6.44. The van der Waals surface area contributed by atoms with E-state index in [4.69, 9.17) is 0 Å². The minimum Gasteiger partial charge on any atom is -0.327 e. The van der Waals surface area contributed by atoms with E-state index in [1.165, 1.54) is 6.33 Å². The van der Waals surface area contributed by atoms with Crippen molar-refractivity contribution in [2.45, 2.75) is 32.2 Å². The van der Waals surface area contributed by atoms with Crippen molar-refractivity contribution in [3.05, 3.63) is 29.6 Å². The Labute approximate surface area is 110 Å². The van der Waals surface area contributed by atoms with Gasteiger partial charge in [0.05, 0.1) is 6.04 Å². The molecule has 3 rings (SSSR count). The lowest BCUT2D eigenvalue weighted by molar-refractivity contribution is 0.0594. The first kappa shape index (κ1) is 11.9. The van der Waals surface area contributed by atoms with Gasteiger partial charge in [0.15, 0.2) is 0 Å². The van der Waals surface area contributed by atoms with E-state index in [1.807, 2.05) is 11.8 Å². The molecular weight excluding hydrogens is 244 g/mol. The minimum absolute atomic E-state index is 0.0271. The second-order valence-corrected chi connectivity index (χ2v) is 4.82. The maximum Gasteiger partial charge on any atom is 0.274 e. The van der Waals surface area contributed by atoms with Gasteiger partial charge in [0, 0.05) is 12.2 Å². The molecular formula is C12H16N6O. The predicted octanol–water partition coefficient (Wildman–Crippen LogP) is 1.20. The Morgan fingerprint density at radius 3 is 3.00 bits per heavy atom. The Kier molecular flexibility index (Phi) is 3.02. The standard InChI is InChI=1S/C12H16N6O/c1-8-6-9(16-15-8)12(19)18-5-3-2-4-10(18)11-13-7-14-17-11/h6-7,10H,2-5H2,1H3,(H,15,16)(H,13,14,17). The van der Waals surface area contributed by atoms with Crippen molar-refractivity contribution in [1.29, 1.82) is 0 Å². The quantitative estimate of drug-likeness (QED) is 0.849. The second kappa shape index (κ2) is 4.83. The summed E-state index contributed by atoms with van der Waals surface area (Å²) in [6, 6.07) is 1.75. The molecule has 19 heavy (non-hydrogen) atoms. The summed E-state index contributed by atoms with van der Waals surface area (Å²) in [4.78, 5) is 18.5. The first-order chi connectivity index (χ1) is 9.25. The highest BCUT2D eigenvalue weighted by atomic mass is 16.2. The lowest BCUT2D eigenvalue weighted by Crippen LogP contribution is -2.39. The number of nitrogens with one attached hydrogen (secondary N) is 2. The van der Waals surface area contributed by atoms with Gasteiger partial charge in [0.1, 0.15) is 17.8 Å². The largest absolute Gasteiger partial charge is 0.327 e. The van der Waals surface area contributed by atoms with Crippen molar-refractivity contribution in [2.75, 3.05) is 6.54 Å². The van der Waals surface area contributed by atoms with Gasteiger partial charge >= 0.3 is 0 Å². The number of aromatic nitrogens is 5. The molecule has 7 heteroatoms. The molecule has 100 valence electrons. The number of carbonyl (C=O) groups is 1. The minimum atomic E-state index is -0.0505. The smallest absolute Gasteiger partial charge is 0.274 e. The van der Waals surface area contributed by atoms with Gasteiger partial charge in [-0.1, -0.05) is 0 Å². The molecule has 0 spiro atoms. The van der Waals surface area contributed by atoms with E-state index in [2.05, 4.69) is 25.4 Å². The van der Waals surface area contributed by atoms with E-state index >= 15 is 0 Å². The summed E-state index contributed by atoms with van der Waals surface area (Å²) in [5.74, 6) is 0.700.